The van der Waals surface area contributed by atoms with Crippen molar-refractivity contribution in [3.05, 3.63) is 71.1 Å². The highest BCUT2D eigenvalue weighted by atomic mass is 35.5. The third-order valence-corrected chi connectivity index (χ3v) is 6.47. The van der Waals surface area contributed by atoms with Gasteiger partial charge in [0.2, 0.25) is 15.9 Å². The predicted octanol–water partition coefficient (Wildman–Crippen LogP) is 3.86. The van der Waals surface area contributed by atoms with Crippen LogP contribution in [0.25, 0.3) is 0 Å². The van der Waals surface area contributed by atoms with Gasteiger partial charge >= 0.3 is 0 Å². The summed E-state index contributed by atoms with van der Waals surface area (Å²) in [5.74, 6) is -1.95. The molecule has 0 saturated carbocycles. The van der Waals surface area contributed by atoms with Crippen LogP contribution in [0.2, 0.25) is 5.02 Å². The van der Waals surface area contributed by atoms with Crippen molar-refractivity contribution in [3.8, 4) is 5.75 Å². The lowest BCUT2D eigenvalue weighted by Gasteiger charge is -2.13. The van der Waals surface area contributed by atoms with Crippen LogP contribution in [0.4, 0.5) is 10.1 Å². The van der Waals surface area contributed by atoms with E-state index in [1.54, 1.807) is 36.5 Å². The summed E-state index contributed by atoms with van der Waals surface area (Å²) in [4.78, 5) is 16.9. The zero-order valence-corrected chi connectivity index (χ0v) is 18.5. The van der Waals surface area contributed by atoms with E-state index in [9.17, 15) is 17.6 Å². The number of nitrogens with one attached hydrogen (secondary N) is 1. The third-order valence-electron chi connectivity index (χ3n) is 4.03. The number of anilines is 1. The number of pyridine rings is 1. The first-order chi connectivity index (χ1) is 14.7. The number of hydrogen-bond donors (Lipinski definition) is 2. The van der Waals surface area contributed by atoms with Gasteiger partial charge in [-0.25, -0.2) is 22.9 Å². The number of benzene rings is 2. The van der Waals surface area contributed by atoms with Crippen LogP contribution in [0.15, 0.2) is 69.5 Å². The molecule has 2 aromatic carbocycles. The Morgan fingerprint density at radius 1 is 1.26 bits per heavy atom. The van der Waals surface area contributed by atoms with Crippen molar-refractivity contribution in [2.75, 3.05) is 12.4 Å². The third kappa shape index (κ3) is 5.73. The molecule has 0 spiro atoms. The van der Waals surface area contributed by atoms with Crippen LogP contribution in [-0.4, -0.2) is 26.4 Å². The van der Waals surface area contributed by atoms with Crippen LogP contribution in [0.5, 0.6) is 5.75 Å². The van der Waals surface area contributed by atoms with Crippen LogP contribution in [0.1, 0.15) is 5.56 Å². The van der Waals surface area contributed by atoms with Gasteiger partial charge in [0.05, 0.1) is 29.1 Å². The highest BCUT2D eigenvalue weighted by Crippen LogP contribution is 2.38. The molecule has 1 aromatic heterocycles. The Kier molecular flexibility index (Phi) is 7.16. The average molecular weight is 482 g/mol. The fourth-order valence-corrected chi connectivity index (χ4v) is 4.64. The summed E-state index contributed by atoms with van der Waals surface area (Å²) in [7, 11) is -3.13. The Morgan fingerprint density at radius 2 is 2.03 bits per heavy atom. The Hall–Kier alpha value is -2.66. The lowest BCUT2D eigenvalue weighted by Crippen LogP contribution is -2.18. The number of ether oxygens (including phenoxy) is 1. The van der Waals surface area contributed by atoms with Crippen molar-refractivity contribution in [1.82, 2.24) is 4.98 Å². The van der Waals surface area contributed by atoms with Gasteiger partial charge in [0.25, 0.3) is 0 Å². The van der Waals surface area contributed by atoms with Crippen LogP contribution in [0, 0.1) is 5.82 Å². The van der Waals surface area contributed by atoms with E-state index in [4.69, 9.17) is 21.5 Å². The molecule has 0 aliphatic heterocycles. The van der Waals surface area contributed by atoms with E-state index in [1.165, 1.54) is 11.8 Å². The second-order valence-electron chi connectivity index (χ2n) is 6.27. The van der Waals surface area contributed by atoms with E-state index in [0.29, 0.717) is 20.6 Å². The minimum Gasteiger partial charge on any atom is -0.492 e. The minimum atomic E-state index is -4.26. The van der Waals surface area contributed by atoms with Crippen LogP contribution >= 0.6 is 23.4 Å². The van der Waals surface area contributed by atoms with E-state index >= 15 is 0 Å². The first-order valence-electron chi connectivity index (χ1n) is 8.75. The first-order valence-corrected chi connectivity index (χ1v) is 11.5. The van der Waals surface area contributed by atoms with E-state index in [1.807, 2.05) is 6.07 Å². The van der Waals surface area contributed by atoms with Gasteiger partial charge in [-0.1, -0.05) is 35.5 Å². The second kappa shape index (κ2) is 9.65. The number of methoxy groups -OCH3 is 1. The summed E-state index contributed by atoms with van der Waals surface area (Å²) in [5.41, 5.74) is 0.551. The monoisotopic (exact) mass is 481 g/mol. The molecule has 1 amide bonds. The summed E-state index contributed by atoms with van der Waals surface area (Å²) in [6.07, 6.45) is 1.34. The number of rotatable bonds is 7. The molecule has 0 unspecified atom stereocenters. The molecule has 31 heavy (non-hydrogen) atoms. The van der Waals surface area contributed by atoms with Crippen molar-refractivity contribution < 1.29 is 22.3 Å². The zero-order chi connectivity index (χ0) is 22.6. The maximum absolute atomic E-state index is 14.3. The number of amides is 1. The number of carbonyl (C=O) groups excluding carboxylic acids is 1. The van der Waals surface area contributed by atoms with E-state index in [0.717, 1.165) is 19.2 Å². The molecule has 0 atom stereocenters. The molecule has 3 rings (SSSR count). The average Bonchev–Trinajstić information content (AvgIpc) is 2.70. The summed E-state index contributed by atoms with van der Waals surface area (Å²) in [5, 5.41) is 8.96. The molecular formula is C20H17ClFN3O4S2. The highest BCUT2D eigenvalue weighted by molar-refractivity contribution is 7.99. The summed E-state index contributed by atoms with van der Waals surface area (Å²) in [6, 6.07) is 12.6. The minimum absolute atomic E-state index is 0.112. The van der Waals surface area contributed by atoms with E-state index < -0.39 is 32.4 Å². The molecule has 0 aliphatic rings. The van der Waals surface area contributed by atoms with Crippen LogP contribution in [0.3, 0.4) is 0 Å². The van der Waals surface area contributed by atoms with Gasteiger partial charge < -0.3 is 10.1 Å². The number of halogens is 2. The normalized spacial score (nSPS) is 11.2. The van der Waals surface area contributed by atoms with Crippen molar-refractivity contribution in [2.45, 2.75) is 21.2 Å². The smallest absolute Gasteiger partial charge is 0.241 e. The lowest BCUT2D eigenvalue weighted by molar-refractivity contribution is -0.115. The van der Waals surface area contributed by atoms with Gasteiger partial charge in [-0.2, -0.15) is 0 Å². The molecule has 0 fully saturated rings. The number of nitrogens with zero attached hydrogens (tertiary/aromatic N) is 1. The van der Waals surface area contributed by atoms with Crippen molar-refractivity contribution >= 4 is 45.0 Å². The molecular weight excluding hydrogens is 465 g/mol. The number of aromatic nitrogens is 1. The summed E-state index contributed by atoms with van der Waals surface area (Å²) >= 11 is 7.58. The van der Waals surface area contributed by atoms with Gasteiger partial charge in [-0.3, -0.25) is 4.79 Å². The number of sulfonamides is 1. The Bertz CT molecular complexity index is 1220. The number of hydrogen-bond acceptors (Lipinski definition) is 6. The summed E-state index contributed by atoms with van der Waals surface area (Å²) < 4.78 is 42.6. The molecule has 0 aliphatic carbocycles. The molecule has 3 N–H and O–H groups in total. The highest BCUT2D eigenvalue weighted by Gasteiger charge is 2.21. The lowest BCUT2D eigenvalue weighted by atomic mass is 10.1. The standard InChI is InChI=1S/C20H17ClFN3O4S2/c1-29-19-14(22)9-12(10-16(19)31(23,27)28)11-17(26)25-15-6-4-5-13(21)20(15)30-18-7-2-3-8-24-18/h2-10H,11H2,1H3,(H,25,26)(H2,23,27,28). The Labute approximate surface area is 187 Å². The number of primary sulfonamides is 1. The fourth-order valence-electron chi connectivity index (χ4n) is 2.74. The van der Waals surface area contributed by atoms with Crippen molar-refractivity contribution in [2.24, 2.45) is 5.14 Å². The van der Waals surface area contributed by atoms with Gasteiger partial charge in [0.15, 0.2) is 11.6 Å². The van der Waals surface area contributed by atoms with Crippen LogP contribution < -0.4 is 15.2 Å². The molecule has 7 nitrogen and oxygen atoms in total. The molecule has 1 heterocycles. The van der Waals surface area contributed by atoms with Gasteiger partial charge in [-0.05, 0) is 42.0 Å². The topological polar surface area (TPSA) is 111 Å². The van der Waals surface area contributed by atoms with Crippen molar-refractivity contribution in [1.29, 1.82) is 0 Å². The largest absolute Gasteiger partial charge is 0.492 e. The van der Waals surface area contributed by atoms with Crippen molar-refractivity contribution in [3.63, 3.8) is 0 Å². The number of nitrogens with two attached hydrogens (primary N) is 1. The Balaban J connectivity index is 1.85. The van der Waals surface area contributed by atoms with Gasteiger partial charge in [0, 0.05) is 6.20 Å². The molecule has 162 valence electrons. The molecule has 11 heteroatoms. The van der Waals surface area contributed by atoms with E-state index in [-0.39, 0.29) is 12.0 Å². The fraction of sp³-hybridized carbons (Fsp3) is 0.100. The van der Waals surface area contributed by atoms with Crippen LogP contribution in [-0.2, 0) is 21.2 Å². The van der Waals surface area contributed by atoms with E-state index in [2.05, 4.69) is 10.3 Å². The second-order valence-corrected chi connectivity index (χ2v) is 9.23. The first kappa shape index (κ1) is 23.0. The van der Waals surface area contributed by atoms with Gasteiger partial charge in [0.1, 0.15) is 9.92 Å². The SMILES string of the molecule is COc1c(F)cc(CC(=O)Nc2cccc(Cl)c2Sc2ccccn2)cc1S(N)(=O)=O. The Morgan fingerprint density at radius 3 is 2.68 bits per heavy atom. The predicted molar refractivity (Wildman–Crippen MR) is 116 cm³/mol. The zero-order valence-electron chi connectivity index (χ0n) is 16.1. The molecule has 0 bridgehead atoms. The molecule has 0 radical (unpaired) electrons. The molecule has 3 aromatic rings. The maximum atomic E-state index is 14.3. The molecule has 0 saturated heterocycles. The number of carbonyl (C=O) groups is 1. The quantitative estimate of drug-likeness (QED) is 0.530. The maximum Gasteiger partial charge on any atom is 0.241 e. The summed E-state index contributed by atoms with van der Waals surface area (Å²) in [6.45, 7) is 0. The van der Waals surface area contributed by atoms with Gasteiger partial charge in [-0.15, -0.1) is 0 Å².